The number of rotatable bonds is 16. The van der Waals surface area contributed by atoms with Crippen LogP contribution in [0.4, 0.5) is 0 Å². The molecule has 1 nitrogen and oxygen atoms in total. The summed E-state index contributed by atoms with van der Waals surface area (Å²) in [5, 5.41) is 0. The van der Waals surface area contributed by atoms with Gasteiger partial charge in [0, 0.05) is 0 Å². The van der Waals surface area contributed by atoms with Crippen LogP contribution in [-0.4, -0.2) is 6.61 Å². The maximum Gasteiger partial charge on any atom is 0.119 e. The van der Waals surface area contributed by atoms with Crippen molar-refractivity contribution in [3.63, 3.8) is 0 Å². The summed E-state index contributed by atoms with van der Waals surface area (Å²) >= 11 is 0. The van der Waals surface area contributed by atoms with Crippen molar-refractivity contribution < 1.29 is 4.74 Å². The maximum absolute atomic E-state index is 5.77. The minimum Gasteiger partial charge on any atom is -0.494 e. The highest BCUT2D eigenvalue weighted by molar-refractivity contribution is 5.28. The van der Waals surface area contributed by atoms with Gasteiger partial charge in [0.25, 0.3) is 0 Å². The largest absolute Gasteiger partial charge is 0.494 e. The molecule has 1 heteroatoms. The number of allylic oxidation sites excluding steroid dienone is 2. The van der Waals surface area contributed by atoms with Gasteiger partial charge in [0.05, 0.1) is 6.61 Å². The summed E-state index contributed by atoms with van der Waals surface area (Å²) in [5.41, 5.74) is 3.13. The summed E-state index contributed by atoms with van der Waals surface area (Å²) in [6.45, 7) is 5.33. The molecule has 0 N–H and O–H groups in total. The van der Waals surface area contributed by atoms with Crippen LogP contribution >= 0.6 is 0 Å². The Balaban J connectivity index is 1.54. The van der Waals surface area contributed by atoms with Crippen molar-refractivity contribution in [1.82, 2.24) is 0 Å². The molecule has 1 aromatic carbocycles. The smallest absolute Gasteiger partial charge is 0.119 e. The average molecular weight is 399 g/mol. The molecule has 0 spiro atoms. The zero-order chi connectivity index (χ0) is 20.6. The number of hydrogen-bond donors (Lipinski definition) is 0. The quantitative estimate of drug-likeness (QED) is 0.199. The van der Waals surface area contributed by atoms with Gasteiger partial charge < -0.3 is 4.74 Å². The Morgan fingerprint density at radius 2 is 1.48 bits per heavy atom. The summed E-state index contributed by atoms with van der Waals surface area (Å²) in [7, 11) is 0. The molecule has 1 unspecified atom stereocenters. The predicted molar refractivity (Wildman–Crippen MR) is 128 cm³/mol. The van der Waals surface area contributed by atoms with E-state index < -0.39 is 0 Å². The second-order valence-electron chi connectivity index (χ2n) is 9.11. The first-order valence-electron chi connectivity index (χ1n) is 12.7. The number of benzene rings is 1. The number of ether oxygens (including phenoxy) is 1. The zero-order valence-electron chi connectivity index (χ0n) is 19.4. The highest BCUT2D eigenvalue weighted by atomic mass is 16.5. The van der Waals surface area contributed by atoms with Crippen LogP contribution < -0.4 is 4.74 Å². The fraction of sp³-hybridized carbons (Fsp3) is 0.714. The standard InChI is InChI=1S/C28H46O/c1-3-5-7-8-9-10-11-12-13-25-14-16-26(17-15-25)18-19-27-20-22-28(23-21-27)29-24-6-4-2/h16,20-23,25H,3-15,17-19,24H2,1-2H3. The molecule has 0 aromatic heterocycles. The van der Waals surface area contributed by atoms with E-state index in [1.165, 1.54) is 102 Å². The van der Waals surface area contributed by atoms with Gasteiger partial charge in [0.2, 0.25) is 0 Å². The normalized spacial score (nSPS) is 16.6. The van der Waals surface area contributed by atoms with Gasteiger partial charge in [-0.15, -0.1) is 0 Å². The molecule has 2 rings (SSSR count). The molecule has 29 heavy (non-hydrogen) atoms. The van der Waals surface area contributed by atoms with Gasteiger partial charge in [-0.25, -0.2) is 0 Å². The van der Waals surface area contributed by atoms with E-state index in [-0.39, 0.29) is 0 Å². The Kier molecular flexibility index (Phi) is 12.9. The molecule has 0 bridgehead atoms. The Morgan fingerprint density at radius 1 is 0.793 bits per heavy atom. The first-order chi connectivity index (χ1) is 14.3. The van der Waals surface area contributed by atoms with Crippen molar-refractivity contribution in [2.75, 3.05) is 6.61 Å². The number of hydrogen-bond acceptors (Lipinski definition) is 1. The molecule has 1 aliphatic rings. The third-order valence-electron chi connectivity index (χ3n) is 6.50. The van der Waals surface area contributed by atoms with Crippen LogP contribution in [0.2, 0.25) is 0 Å². The van der Waals surface area contributed by atoms with Crippen LogP contribution in [0, 0.1) is 5.92 Å². The summed E-state index contributed by atoms with van der Waals surface area (Å²) in [6.07, 6.45) is 24.4. The van der Waals surface area contributed by atoms with Gasteiger partial charge in [-0.3, -0.25) is 0 Å². The molecule has 1 aliphatic carbocycles. The summed E-state index contributed by atoms with van der Waals surface area (Å²) in [4.78, 5) is 0. The molecule has 0 saturated carbocycles. The third kappa shape index (κ3) is 10.9. The summed E-state index contributed by atoms with van der Waals surface area (Å²) in [6, 6.07) is 8.77. The zero-order valence-corrected chi connectivity index (χ0v) is 19.4. The third-order valence-corrected chi connectivity index (χ3v) is 6.50. The van der Waals surface area contributed by atoms with Crippen LogP contribution in [0.3, 0.4) is 0 Å². The highest BCUT2D eigenvalue weighted by Gasteiger charge is 2.14. The van der Waals surface area contributed by atoms with Crippen molar-refractivity contribution in [2.24, 2.45) is 5.92 Å². The van der Waals surface area contributed by atoms with Crippen molar-refractivity contribution in [3.05, 3.63) is 41.5 Å². The highest BCUT2D eigenvalue weighted by Crippen LogP contribution is 2.30. The number of unbranched alkanes of at least 4 members (excludes halogenated alkanes) is 8. The molecule has 0 saturated heterocycles. The Labute approximate surface area is 181 Å². The summed E-state index contributed by atoms with van der Waals surface area (Å²) in [5.74, 6) is 1.97. The lowest BCUT2D eigenvalue weighted by Gasteiger charge is -2.22. The van der Waals surface area contributed by atoms with Crippen molar-refractivity contribution in [2.45, 2.75) is 117 Å². The van der Waals surface area contributed by atoms with Crippen molar-refractivity contribution >= 4 is 0 Å². The minimum absolute atomic E-state index is 0.836. The average Bonchev–Trinajstić information content (AvgIpc) is 2.76. The van der Waals surface area contributed by atoms with Crippen LogP contribution in [0.1, 0.15) is 116 Å². The van der Waals surface area contributed by atoms with Gasteiger partial charge in [-0.1, -0.05) is 102 Å². The van der Waals surface area contributed by atoms with Gasteiger partial charge in [-0.05, 0) is 62.1 Å². The van der Waals surface area contributed by atoms with Crippen molar-refractivity contribution in [1.29, 1.82) is 0 Å². The van der Waals surface area contributed by atoms with Gasteiger partial charge >= 0.3 is 0 Å². The molecule has 164 valence electrons. The van der Waals surface area contributed by atoms with E-state index in [2.05, 4.69) is 44.2 Å². The molecular formula is C28H46O. The fourth-order valence-corrected chi connectivity index (χ4v) is 4.39. The maximum atomic E-state index is 5.77. The lowest BCUT2D eigenvalue weighted by molar-refractivity contribution is 0.309. The van der Waals surface area contributed by atoms with Crippen LogP contribution in [0.15, 0.2) is 35.9 Å². The molecule has 0 amide bonds. The van der Waals surface area contributed by atoms with Crippen molar-refractivity contribution in [3.8, 4) is 5.75 Å². The molecule has 1 aromatic rings. The molecule has 1 atom stereocenters. The minimum atomic E-state index is 0.836. The molecule has 0 radical (unpaired) electrons. The summed E-state index contributed by atoms with van der Waals surface area (Å²) < 4.78 is 5.77. The van der Waals surface area contributed by atoms with Gasteiger partial charge in [0.1, 0.15) is 5.75 Å². The SMILES string of the molecule is CCCCCCCCCCC1CC=C(CCc2ccc(OCCCC)cc2)CC1. The van der Waals surface area contributed by atoms with E-state index in [0.717, 1.165) is 24.7 Å². The Morgan fingerprint density at radius 3 is 2.14 bits per heavy atom. The second-order valence-corrected chi connectivity index (χ2v) is 9.11. The van der Waals surface area contributed by atoms with E-state index in [4.69, 9.17) is 4.74 Å². The van der Waals surface area contributed by atoms with E-state index in [1.54, 1.807) is 5.57 Å². The molecule has 0 heterocycles. The molecular weight excluding hydrogens is 352 g/mol. The number of aryl methyl sites for hydroxylation is 1. The van der Waals surface area contributed by atoms with Crippen LogP contribution in [0.5, 0.6) is 5.75 Å². The van der Waals surface area contributed by atoms with Crippen LogP contribution in [-0.2, 0) is 6.42 Å². The van der Waals surface area contributed by atoms with E-state index in [1.807, 2.05) is 0 Å². The monoisotopic (exact) mass is 398 g/mol. The van der Waals surface area contributed by atoms with E-state index in [9.17, 15) is 0 Å². The first kappa shape index (κ1) is 24.0. The van der Waals surface area contributed by atoms with Crippen LogP contribution in [0.25, 0.3) is 0 Å². The van der Waals surface area contributed by atoms with E-state index >= 15 is 0 Å². The lowest BCUT2D eigenvalue weighted by atomic mass is 9.84. The van der Waals surface area contributed by atoms with E-state index in [0.29, 0.717) is 0 Å². The van der Waals surface area contributed by atoms with Gasteiger partial charge in [0.15, 0.2) is 0 Å². The fourth-order valence-electron chi connectivity index (χ4n) is 4.39. The molecule has 0 aliphatic heterocycles. The molecule has 0 fully saturated rings. The first-order valence-corrected chi connectivity index (χ1v) is 12.7. The van der Waals surface area contributed by atoms with Gasteiger partial charge in [-0.2, -0.15) is 0 Å². The second kappa shape index (κ2) is 15.6. The lowest BCUT2D eigenvalue weighted by Crippen LogP contribution is -2.06. The Bertz CT molecular complexity index is 542. The predicted octanol–water partition coefficient (Wildman–Crippen LogP) is 9.06. The Hall–Kier alpha value is -1.24. The topological polar surface area (TPSA) is 9.23 Å².